The van der Waals surface area contributed by atoms with Gasteiger partial charge in [-0.1, -0.05) is 235 Å². The number of aliphatic hydroxyl groups is 2. The summed E-state index contributed by atoms with van der Waals surface area (Å²) in [6.45, 7) is 4.83. The molecule has 0 aromatic carbocycles. The lowest BCUT2D eigenvalue weighted by Crippen LogP contribution is -2.45. The second kappa shape index (κ2) is 56.2. The molecule has 0 aromatic rings. The number of nitrogens with one attached hydrogen (secondary N) is 1. The van der Waals surface area contributed by atoms with Gasteiger partial charge in [0.2, 0.25) is 5.91 Å². The molecule has 6 nitrogen and oxygen atoms in total. The molecule has 0 heterocycles. The first kappa shape index (κ1) is 64.6. The van der Waals surface area contributed by atoms with Crippen molar-refractivity contribution in [2.45, 2.75) is 302 Å². The van der Waals surface area contributed by atoms with E-state index in [-0.39, 0.29) is 18.5 Å². The Kier molecular flexibility index (Phi) is 54.1. The highest BCUT2D eigenvalue weighted by molar-refractivity contribution is 5.76. The zero-order valence-corrected chi connectivity index (χ0v) is 44.4. The second-order valence-corrected chi connectivity index (χ2v) is 19.6. The number of hydrogen-bond donors (Lipinski definition) is 3. The molecule has 0 aliphatic rings. The maximum Gasteiger partial charge on any atom is 0.305 e. The van der Waals surface area contributed by atoms with Crippen LogP contribution in [-0.4, -0.2) is 47.4 Å². The summed E-state index contributed by atoms with van der Waals surface area (Å²) in [5, 5.41) is 23.1. The summed E-state index contributed by atoms with van der Waals surface area (Å²) in [5.74, 6) is -0.106. The summed E-state index contributed by atoms with van der Waals surface area (Å²) in [4.78, 5) is 24.5. The summed E-state index contributed by atoms with van der Waals surface area (Å²) < 4.78 is 5.46. The van der Waals surface area contributed by atoms with Gasteiger partial charge in [-0.15, -0.1) is 0 Å². The van der Waals surface area contributed by atoms with Crippen molar-refractivity contribution in [2.24, 2.45) is 0 Å². The third kappa shape index (κ3) is 52.8. The first-order valence-corrected chi connectivity index (χ1v) is 29.1. The van der Waals surface area contributed by atoms with Gasteiger partial charge in [0.05, 0.1) is 25.4 Å². The third-order valence-electron chi connectivity index (χ3n) is 13.0. The number of unbranched alkanes of at least 4 members (excludes halogenated alkanes) is 34. The van der Waals surface area contributed by atoms with Crippen molar-refractivity contribution < 1.29 is 24.5 Å². The zero-order valence-electron chi connectivity index (χ0n) is 44.4. The molecular weight excluding hydrogens is 827 g/mol. The average molecular weight is 939 g/mol. The minimum Gasteiger partial charge on any atom is -0.466 e. The Morgan fingerprint density at radius 1 is 0.418 bits per heavy atom. The van der Waals surface area contributed by atoms with E-state index < -0.39 is 12.1 Å². The molecule has 2 unspecified atom stereocenters. The molecule has 67 heavy (non-hydrogen) atoms. The number of hydrogen-bond acceptors (Lipinski definition) is 5. The van der Waals surface area contributed by atoms with E-state index in [1.54, 1.807) is 6.08 Å². The van der Waals surface area contributed by atoms with Gasteiger partial charge < -0.3 is 20.3 Å². The first-order valence-electron chi connectivity index (χ1n) is 29.1. The van der Waals surface area contributed by atoms with E-state index in [1.165, 1.54) is 173 Å². The monoisotopic (exact) mass is 938 g/mol. The highest BCUT2D eigenvalue weighted by Crippen LogP contribution is 2.15. The van der Waals surface area contributed by atoms with Crippen LogP contribution in [0.15, 0.2) is 60.8 Å². The van der Waals surface area contributed by atoms with E-state index >= 15 is 0 Å². The predicted octanol–water partition coefficient (Wildman–Crippen LogP) is 18.0. The Hall–Kier alpha value is -2.44. The molecule has 0 aromatic heterocycles. The summed E-state index contributed by atoms with van der Waals surface area (Å²) in [6, 6.07) is -0.641. The molecule has 0 radical (unpaired) electrons. The number of ether oxygens (including phenoxy) is 1. The SMILES string of the molecule is CCCCC/C=C\C/C=C\CCCCCCCCCCCC(=O)OCCCCC/C=C\C/C=C\CCCCCCCCCC(=O)NC(CO)C(O)/C=C/CCCCCCCCCCCCCC. The number of carbonyl (C=O) groups excluding carboxylic acids is 2. The fraction of sp³-hybridized carbons (Fsp3) is 0.803. The Morgan fingerprint density at radius 2 is 0.746 bits per heavy atom. The lowest BCUT2D eigenvalue weighted by molar-refractivity contribution is -0.143. The zero-order chi connectivity index (χ0) is 48.6. The van der Waals surface area contributed by atoms with E-state index in [0.29, 0.717) is 19.4 Å². The van der Waals surface area contributed by atoms with Crippen LogP contribution in [0.2, 0.25) is 0 Å². The van der Waals surface area contributed by atoms with Crippen LogP contribution in [-0.2, 0) is 14.3 Å². The van der Waals surface area contributed by atoms with Crippen LogP contribution in [0.3, 0.4) is 0 Å². The topological polar surface area (TPSA) is 95.9 Å². The van der Waals surface area contributed by atoms with Crippen molar-refractivity contribution >= 4 is 11.9 Å². The Bertz CT molecular complexity index is 1170. The van der Waals surface area contributed by atoms with Gasteiger partial charge in [-0.25, -0.2) is 0 Å². The molecular formula is C61H111NO5. The highest BCUT2D eigenvalue weighted by atomic mass is 16.5. The van der Waals surface area contributed by atoms with Crippen molar-refractivity contribution in [1.29, 1.82) is 0 Å². The average Bonchev–Trinajstić information content (AvgIpc) is 3.33. The molecule has 390 valence electrons. The van der Waals surface area contributed by atoms with Gasteiger partial charge in [-0.2, -0.15) is 0 Å². The standard InChI is InChI=1S/C61H111NO5/c1-3-5-7-9-11-13-15-17-19-20-21-24-27-31-35-39-43-47-51-55-61(66)67-56-52-48-44-40-36-32-28-25-22-23-26-30-34-38-42-46-50-54-60(65)62-58(57-63)59(64)53-49-45-41-37-33-29-18-16-14-12-10-8-6-4-2/h11,13,17,19,22,25,32,36,49,53,58-59,63-64H,3-10,12,14-16,18,20-21,23-24,26-31,33-35,37-48,50-52,54-57H2,1-2H3,(H,62,65)/b13-11-,19-17-,25-22-,36-32-,53-49+. The molecule has 2 atom stereocenters. The predicted molar refractivity (Wildman–Crippen MR) is 292 cm³/mol. The molecule has 0 fully saturated rings. The molecule has 0 spiro atoms. The van der Waals surface area contributed by atoms with Crippen molar-refractivity contribution in [3.63, 3.8) is 0 Å². The Balaban J connectivity index is 3.52. The van der Waals surface area contributed by atoms with Gasteiger partial charge >= 0.3 is 5.97 Å². The quantitative estimate of drug-likeness (QED) is 0.0321. The largest absolute Gasteiger partial charge is 0.466 e. The van der Waals surface area contributed by atoms with Crippen molar-refractivity contribution in [3.8, 4) is 0 Å². The van der Waals surface area contributed by atoms with Gasteiger partial charge in [0.15, 0.2) is 0 Å². The van der Waals surface area contributed by atoms with Gasteiger partial charge in [0, 0.05) is 12.8 Å². The Morgan fingerprint density at radius 3 is 1.16 bits per heavy atom. The normalized spacial score (nSPS) is 13.1. The number of amides is 1. The molecule has 0 aliphatic carbocycles. The number of esters is 1. The van der Waals surface area contributed by atoms with E-state index in [2.05, 4.69) is 67.8 Å². The molecule has 0 saturated carbocycles. The van der Waals surface area contributed by atoms with Crippen molar-refractivity contribution in [1.82, 2.24) is 5.32 Å². The third-order valence-corrected chi connectivity index (χ3v) is 13.0. The summed E-state index contributed by atoms with van der Waals surface area (Å²) in [7, 11) is 0. The number of aliphatic hydroxyl groups excluding tert-OH is 2. The lowest BCUT2D eigenvalue weighted by atomic mass is 10.0. The van der Waals surface area contributed by atoms with E-state index in [1.807, 2.05) is 6.08 Å². The second-order valence-electron chi connectivity index (χ2n) is 19.6. The highest BCUT2D eigenvalue weighted by Gasteiger charge is 2.18. The number of rotatable bonds is 53. The van der Waals surface area contributed by atoms with Gasteiger partial charge in [0.25, 0.3) is 0 Å². The van der Waals surface area contributed by atoms with Gasteiger partial charge in [0.1, 0.15) is 0 Å². The van der Waals surface area contributed by atoms with Gasteiger partial charge in [-0.05, 0) is 103 Å². The fourth-order valence-corrected chi connectivity index (χ4v) is 8.52. The first-order chi connectivity index (χ1) is 33.0. The minimum absolute atomic E-state index is 0.0210. The van der Waals surface area contributed by atoms with Crippen LogP contribution in [0.5, 0.6) is 0 Å². The van der Waals surface area contributed by atoms with Crippen LogP contribution in [0.25, 0.3) is 0 Å². The van der Waals surface area contributed by atoms with Crippen LogP contribution in [0, 0.1) is 0 Å². The lowest BCUT2D eigenvalue weighted by Gasteiger charge is -2.20. The molecule has 1 amide bonds. The van der Waals surface area contributed by atoms with Crippen molar-refractivity contribution in [3.05, 3.63) is 60.8 Å². The van der Waals surface area contributed by atoms with Crippen LogP contribution in [0.1, 0.15) is 290 Å². The van der Waals surface area contributed by atoms with Crippen LogP contribution >= 0.6 is 0 Å². The van der Waals surface area contributed by atoms with Crippen molar-refractivity contribution in [2.75, 3.05) is 13.2 Å². The molecule has 6 heteroatoms. The summed E-state index contributed by atoms with van der Waals surface area (Å²) >= 11 is 0. The molecule has 0 aliphatic heterocycles. The molecule has 0 bridgehead atoms. The van der Waals surface area contributed by atoms with E-state index in [0.717, 1.165) is 89.9 Å². The number of carbonyl (C=O) groups is 2. The maximum absolute atomic E-state index is 12.4. The molecule has 0 rings (SSSR count). The van der Waals surface area contributed by atoms with E-state index in [4.69, 9.17) is 4.74 Å². The fourth-order valence-electron chi connectivity index (χ4n) is 8.52. The maximum atomic E-state index is 12.4. The number of allylic oxidation sites excluding steroid dienone is 9. The van der Waals surface area contributed by atoms with E-state index in [9.17, 15) is 19.8 Å². The smallest absolute Gasteiger partial charge is 0.305 e. The summed E-state index contributed by atoms with van der Waals surface area (Å²) in [5.41, 5.74) is 0. The minimum atomic E-state index is -0.856. The molecule has 3 N–H and O–H groups in total. The molecule has 0 saturated heterocycles. The Labute approximate surface area is 416 Å². The van der Waals surface area contributed by atoms with Crippen LogP contribution in [0.4, 0.5) is 0 Å². The van der Waals surface area contributed by atoms with Gasteiger partial charge in [-0.3, -0.25) is 9.59 Å². The summed E-state index contributed by atoms with van der Waals surface area (Å²) in [6.07, 6.45) is 72.4. The van der Waals surface area contributed by atoms with Crippen LogP contribution < -0.4 is 5.32 Å².